The van der Waals surface area contributed by atoms with E-state index in [-0.39, 0.29) is 0 Å². The van der Waals surface area contributed by atoms with E-state index in [1.807, 2.05) is 6.08 Å². The Morgan fingerprint density at radius 1 is 1.56 bits per heavy atom. The molecular weight excluding hydrogens is 148 g/mol. The average molecular weight is 159 g/mol. The van der Waals surface area contributed by atoms with E-state index >= 15 is 0 Å². The number of allylic oxidation sites excluding steroid dienone is 4. The highest BCUT2D eigenvalue weighted by Gasteiger charge is 2.10. The molecule has 1 rings (SSSR count). The van der Waals surface area contributed by atoms with Crippen LogP contribution >= 0.6 is 11.6 Å². The largest absolute Gasteiger partial charge is 0.0848 e. The first-order chi connectivity index (χ1) is 4.22. The first kappa shape index (κ1) is 7.10. The summed E-state index contributed by atoms with van der Waals surface area (Å²) in [6.45, 7) is 4.62. The quantitative estimate of drug-likeness (QED) is 0.515. The molecule has 0 saturated heterocycles. The maximum atomic E-state index is 5.90. The molecule has 0 spiro atoms. The molecule has 0 aliphatic heterocycles. The van der Waals surface area contributed by atoms with Crippen LogP contribution < -0.4 is 0 Å². The Labute approximate surface area is 62.8 Å². The minimum atomic E-state index is -0.596. The summed E-state index contributed by atoms with van der Waals surface area (Å²) in [7, 11) is -0.596. The predicted molar refractivity (Wildman–Crippen MR) is 45.5 cm³/mol. The van der Waals surface area contributed by atoms with Crippen molar-refractivity contribution < 1.29 is 0 Å². The Bertz CT molecular complexity index is 168. The lowest BCUT2D eigenvalue weighted by molar-refractivity contribution is 1.38. The molecule has 1 aliphatic carbocycles. The average Bonchev–Trinajstić information content (AvgIpc) is 2.13. The van der Waals surface area contributed by atoms with E-state index in [0.717, 1.165) is 11.5 Å². The second-order valence-corrected chi connectivity index (χ2v) is 6.05. The van der Waals surface area contributed by atoms with Crippen molar-refractivity contribution in [2.75, 3.05) is 0 Å². The van der Waals surface area contributed by atoms with Gasteiger partial charge in [-0.3, -0.25) is 0 Å². The SMILES string of the molecule is C[SiH](C)C1=C(Cl)C=CC1. The van der Waals surface area contributed by atoms with Crippen molar-refractivity contribution in [2.45, 2.75) is 19.5 Å². The maximum Gasteiger partial charge on any atom is 0.0619 e. The predicted octanol–water partition coefficient (Wildman–Crippen LogP) is 2.47. The van der Waals surface area contributed by atoms with Gasteiger partial charge in [-0.05, 0) is 12.5 Å². The second-order valence-electron chi connectivity index (χ2n) is 2.63. The third-order valence-electron chi connectivity index (χ3n) is 1.61. The summed E-state index contributed by atoms with van der Waals surface area (Å²) in [6.07, 6.45) is 5.28. The van der Waals surface area contributed by atoms with Crippen molar-refractivity contribution in [2.24, 2.45) is 0 Å². The van der Waals surface area contributed by atoms with Crippen molar-refractivity contribution in [1.29, 1.82) is 0 Å². The van der Waals surface area contributed by atoms with Crippen LogP contribution in [0.2, 0.25) is 13.1 Å². The molecule has 0 aromatic heterocycles. The van der Waals surface area contributed by atoms with Crippen LogP contribution in [0.4, 0.5) is 0 Å². The highest BCUT2D eigenvalue weighted by atomic mass is 35.5. The van der Waals surface area contributed by atoms with Gasteiger partial charge in [0.1, 0.15) is 0 Å². The minimum absolute atomic E-state index is 0.596. The third-order valence-corrected chi connectivity index (χ3v) is 4.10. The Hall–Kier alpha value is -0.0131. The van der Waals surface area contributed by atoms with E-state index in [1.54, 1.807) is 0 Å². The van der Waals surface area contributed by atoms with Crippen LogP contribution in [-0.4, -0.2) is 8.80 Å². The molecule has 50 valence electrons. The van der Waals surface area contributed by atoms with E-state index in [9.17, 15) is 0 Å². The first-order valence-corrected chi connectivity index (χ1v) is 6.53. The fourth-order valence-electron chi connectivity index (χ4n) is 1.01. The van der Waals surface area contributed by atoms with Gasteiger partial charge in [0.05, 0.1) is 8.80 Å². The molecule has 0 bridgehead atoms. The van der Waals surface area contributed by atoms with Crippen LogP contribution in [0.3, 0.4) is 0 Å². The lowest BCUT2D eigenvalue weighted by atomic mass is 10.5. The Kier molecular flexibility index (Phi) is 2.14. The summed E-state index contributed by atoms with van der Waals surface area (Å²) < 4.78 is 0. The van der Waals surface area contributed by atoms with E-state index in [2.05, 4.69) is 19.2 Å². The van der Waals surface area contributed by atoms with Gasteiger partial charge in [-0.25, -0.2) is 0 Å². The molecule has 9 heavy (non-hydrogen) atoms. The molecule has 1 aliphatic rings. The molecule has 0 atom stereocenters. The number of hydrogen-bond acceptors (Lipinski definition) is 0. The molecular formula is C7H11ClSi. The third kappa shape index (κ3) is 1.46. The van der Waals surface area contributed by atoms with Crippen LogP contribution in [0, 0.1) is 0 Å². The highest BCUT2D eigenvalue weighted by Crippen LogP contribution is 2.23. The van der Waals surface area contributed by atoms with E-state index < -0.39 is 8.80 Å². The maximum absolute atomic E-state index is 5.90. The number of hydrogen-bond donors (Lipinski definition) is 0. The van der Waals surface area contributed by atoms with Gasteiger partial charge in [0.25, 0.3) is 0 Å². The fourth-order valence-corrected chi connectivity index (χ4v) is 3.08. The molecule has 0 saturated carbocycles. The van der Waals surface area contributed by atoms with E-state index in [1.165, 1.54) is 5.20 Å². The van der Waals surface area contributed by atoms with Crippen LogP contribution in [0.15, 0.2) is 22.4 Å². The summed E-state index contributed by atoms with van der Waals surface area (Å²) in [4.78, 5) is 0. The van der Waals surface area contributed by atoms with Gasteiger partial charge in [-0.1, -0.05) is 36.0 Å². The summed E-state index contributed by atoms with van der Waals surface area (Å²) in [6, 6.07) is 0. The van der Waals surface area contributed by atoms with Gasteiger partial charge < -0.3 is 0 Å². The lowest BCUT2D eigenvalue weighted by Crippen LogP contribution is -2.03. The van der Waals surface area contributed by atoms with E-state index in [0.29, 0.717) is 0 Å². The Morgan fingerprint density at radius 3 is 2.44 bits per heavy atom. The summed E-state index contributed by atoms with van der Waals surface area (Å²) in [5, 5.41) is 2.52. The zero-order chi connectivity index (χ0) is 6.85. The molecule has 0 heterocycles. The first-order valence-electron chi connectivity index (χ1n) is 3.27. The van der Waals surface area contributed by atoms with Gasteiger partial charge in [0.15, 0.2) is 0 Å². The molecule has 0 unspecified atom stereocenters. The second kappa shape index (κ2) is 2.71. The Morgan fingerprint density at radius 2 is 2.22 bits per heavy atom. The lowest BCUT2D eigenvalue weighted by Gasteiger charge is -2.03. The van der Waals surface area contributed by atoms with Crippen molar-refractivity contribution >= 4 is 20.4 Å². The molecule has 0 radical (unpaired) electrons. The normalized spacial score (nSPS) is 18.2. The Balaban J connectivity index is 2.73. The van der Waals surface area contributed by atoms with Gasteiger partial charge in [0, 0.05) is 5.03 Å². The number of rotatable bonds is 1. The number of halogens is 1. The zero-order valence-corrected chi connectivity index (χ0v) is 7.73. The summed E-state index contributed by atoms with van der Waals surface area (Å²) in [5.41, 5.74) is 0. The van der Waals surface area contributed by atoms with Gasteiger partial charge in [-0.15, -0.1) is 0 Å². The van der Waals surface area contributed by atoms with Crippen LogP contribution in [0.5, 0.6) is 0 Å². The van der Waals surface area contributed by atoms with Crippen molar-refractivity contribution in [1.82, 2.24) is 0 Å². The standard InChI is InChI=1S/C7H11ClSi/c1-9(2)7-5-3-4-6(7)8/h3-4,9H,5H2,1-2H3. The molecule has 0 nitrogen and oxygen atoms in total. The van der Waals surface area contributed by atoms with Crippen molar-refractivity contribution in [3.8, 4) is 0 Å². The van der Waals surface area contributed by atoms with Gasteiger partial charge >= 0.3 is 0 Å². The van der Waals surface area contributed by atoms with Gasteiger partial charge in [0.2, 0.25) is 0 Å². The zero-order valence-electron chi connectivity index (χ0n) is 5.82. The molecule has 0 amide bonds. The van der Waals surface area contributed by atoms with E-state index in [4.69, 9.17) is 11.6 Å². The van der Waals surface area contributed by atoms with Crippen molar-refractivity contribution in [3.05, 3.63) is 22.4 Å². The molecule has 0 aromatic rings. The van der Waals surface area contributed by atoms with Crippen LogP contribution in [0.1, 0.15) is 6.42 Å². The monoisotopic (exact) mass is 158 g/mol. The molecule has 0 N–H and O–H groups in total. The summed E-state index contributed by atoms with van der Waals surface area (Å²) in [5.74, 6) is 0. The highest BCUT2D eigenvalue weighted by molar-refractivity contribution is 6.66. The summed E-state index contributed by atoms with van der Waals surface area (Å²) >= 11 is 5.90. The van der Waals surface area contributed by atoms with Crippen molar-refractivity contribution in [3.63, 3.8) is 0 Å². The smallest absolute Gasteiger partial charge is 0.0619 e. The van der Waals surface area contributed by atoms with Gasteiger partial charge in [-0.2, -0.15) is 0 Å². The molecule has 0 fully saturated rings. The minimum Gasteiger partial charge on any atom is -0.0848 e. The molecule has 0 aromatic carbocycles. The molecule has 2 heteroatoms. The van der Waals surface area contributed by atoms with Crippen LogP contribution in [0.25, 0.3) is 0 Å². The topological polar surface area (TPSA) is 0 Å². The fraction of sp³-hybridized carbons (Fsp3) is 0.429. The van der Waals surface area contributed by atoms with Crippen LogP contribution in [-0.2, 0) is 0 Å².